The van der Waals surface area contributed by atoms with Crippen LogP contribution in [0.4, 0.5) is 13.2 Å². The van der Waals surface area contributed by atoms with Gasteiger partial charge in [-0.3, -0.25) is 0 Å². The van der Waals surface area contributed by atoms with Crippen molar-refractivity contribution in [1.29, 1.82) is 0 Å². The van der Waals surface area contributed by atoms with E-state index in [2.05, 4.69) is 36.0 Å². The topological polar surface area (TPSA) is 21.3 Å². The van der Waals surface area contributed by atoms with Gasteiger partial charge in [0.25, 0.3) is 0 Å². The van der Waals surface area contributed by atoms with E-state index in [1.54, 1.807) is 23.5 Å². The Morgan fingerprint density at radius 2 is 1.81 bits per heavy atom. The Balaban J connectivity index is 1.89. The van der Waals surface area contributed by atoms with Gasteiger partial charge in [0.2, 0.25) is 0 Å². The van der Waals surface area contributed by atoms with Crippen LogP contribution < -0.4 is 10.1 Å². The van der Waals surface area contributed by atoms with Crippen LogP contribution in [0.3, 0.4) is 0 Å². The molecule has 114 valence electrons. The molecule has 0 amide bonds. The van der Waals surface area contributed by atoms with Gasteiger partial charge in [-0.2, -0.15) is 0 Å². The molecule has 2 nitrogen and oxygen atoms in total. The highest BCUT2D eigenvalue weighted by Crippen LogP contribution is 2.24. The Hall–Kier alpha value is -1.53. The second-order valence-electron chi connectivity index (χ2n) is 4.74. The quantitative estimate of drug-likeness (QED) is 0.855. The van der Waals surface area contributed by atoms with Crippen LogP contribution in [0.15, 0.2) is 36.4 Å². The van der Waals surface area contributed by atoms with E-state index < -0.39 is 6.36 Å². The monoisotopic (exact) mass is 315 g/mol. The third-order valence-electron chi connectivity index (χ3n) is 2.96. The minimum Gasteiger partial charge on any atom is -0.406 e. The molecular formula is C15H16F3NOS. The summed E-state index contributed by atoms with van der Waals surface area (Å²) in [4.78, 5) is 2.50. The lowest BCUT2D eigenvalue weighted by Crippen LogP contribution is -2.18. The first-order valence-electron chi connectivity index (χ1n) is 6.48. The molecule has 0 bridgehead atoms. The summed E-state index contributed by atoms with van der Waals surface area (Å²) in [5.74, 6) is -0.201. The summed E-state index contributed by atoms with van der Waals surface area (Å²) in [6, 6.07) is 10.3. The molecule has 2 rings (SSSR count). The average Bonchev–Trinajstić information content (AvgIpc) is 2.82. The van der Waals surface area contributed by atoms with E-state index in [0.29, 0.717) is 6.54 Å². The van der Waals surface area contributed by atoms with E-state index in [9.17, 15) is 13.2 Å². The van der Waals surface area contributed by atoms with Crippen LogP contribution in [0.5, 0.6) is 5.75 Å². The van der Waals surface area contributed by atoms with Gasteiger partial charge in [0, 0.05) is 22.3 Å². The summed E-state index contributed by atoms with van der Waals surface area (Å²) in [5, 5.41) is 3.34. The van der Waals surface area contributed by atoms with E-state index in [-0.39, 0.29) is 11.8 Å². The van der Waals surface area contributed by atoms with Gasteiger partial charge in [-0.05, 0) is 43.7 Å². The zero-order valence-corrected chi connectivity index (χ0v) is 12.5. The number of hydrogen-bond acceptors (Lipinski definition) is 3. The molecule has 1 aromatic heterocycles. The Bertz CT molecular complexity index is 577. The molecule has 0 saturated heterocycles. The summed E-state index contributed by atoms with van der Waals surface area (Å²) >= 11 is 1.73. The molecule has 0 aliphatic rings. The third-order valence-corrected chi connectivity index (χ3v) is 4.14. The lowest BCUT2D eigenvalue weighted by atomic mass is 10.2. The summed E-state index contributed by atoms with van der Waals surface area (Å²) in [5.41, 5.74) is 0.907. The first-order valence-corrected chi connectivity index (χ1v) is 7.29. The molecule has 0 saturated carbocycles. The first-order chi connectivity index (χ1) is 9.83. The predicted octanol–water partition coefficient (Wildman–Crippen LogP) is 4.81. The standard InChI is InChI=1S/C15H16F3NOS/c1-10-3-8-14(21-10)11(2)19-9-12-4-6-13(7-5-12)20-15(16,17)18/h3-8,11,19H,9H2,1-2H3. The number of aryl methyl sites for hydroxylation is 1. The predicted molar refractivity (Wildman–Crippen MR) is 77.4 cm³/mol. The summed E-state index contributed by atoms with van der Waals surface area (Å²) in [7, 11) is 0. The molecule has 0 radical (unpaired) electrons. The van der Waals surface area contributed by atoms with Gasteiger partial charge < -0.3 is 10.1 Å². The molecule has 0 fully saturated rings. The van der Waals surface area contributed by atoms with E-state index >= 15 is 0 Å². The molecule has 6 heteroatoms. The van der Waals surface area contributed by atoms with Crippen molar-refractivity contribution in [3.05, 3.63) is 51.7 Å². The minimum atomic E-state index is -4.65. The number of rotatable bonds is 5. The normalized spacial score (nSPS) is 13.2. The van der Waals surface area contributed by atoms with Crippen molar-refractivity contribution in [3.63, 3.8) is 0 Å². The molecule has 0 aliphatic carbocycles. The average molecular weight is 315 g/mol. The van der Waals surface area contributed by atoms with Crippen molar-refractivity contribution in [3.8, 4) is 5.75 Å². The van der Waals surface area contributed by atoms with Gasteiger partial charge in [0.1, 0.15) is 5.75 Å². The highest BCUT2D eigenvalue weighted by molar-refractivity contribution is 7.12. The Kier molecular flexibility index (Phi) is 4.90. The van der Waals surface area contributed by atoms with Crippen LogP contribution in [-0.2, 0) is 6.54 Å². The van der Waals surface area contributed by atoms with Crippen molar-refractivity contribution in [2.45, 2.75) is 32.8 Å². The Morgan fingerprint density at radius 3 is 2.33 bits per heavy atom. The van der Waals surface area contributed by atoms with Crippen LogP contribution in [0, 0.1) is 6.92 Å². The van der Waals surface area contributed by atoms with Crippen LogP contribution in [-0.4, -0.2) is 6.36 Å². The van der Waals surface area contributed by atoms with Gasteiger partial charge in [0.05, 0.1) is 0 Å². The van der Waals surface area contributed by atoms with Gasteiger partial charge in [0.15, 0.2) is 0 Å². The van der Waals surface area contributed by atoms with Crippen molar-refractivity contribution in [2.75, 3.05) is 0 Å². The molecule has 0 spiro atoms. The second-order valence-corrected chi connectivity index (χ2v) is 6.06. The third kappa shape index (κ3) is 5.06. The van der Waals surface area contributed by atoms with E-state index in [1.807, 2.05) is 0 Å². The number of nitrogens with one attached hydrogen (secondary N) is 1. The zero-order valence-electron chi connectivity index (χ0n) is 11.7. The van der Waals surface area contributed by atoms with Crippen LogP contribution >= 0.6 is 11.3 Å². The number of thiophene rings is 1. The maximum absolute atomic E-state index is 12.1. The number of hydrogen-bond donors (Lipinski definition) is 1. The molecule has 1 atom stereocenters. The number of benzene rings is 1. The van der Waals surface area contributed by atoms with Gasteiger partial charge in [-0.25, -0.2) is 0 Å². The van der Waals surface area contributed by atoms with Crippen molar-refractivity contribution in [2.24, 2.45) is 0 Å². The molecule has 1 N–H and O–H groups in total. The fourth-order valence-electron chi connectivity index (χ4n) is 1.87. The zero-order chi connectivity index (χ0) is 15.5. The van der Waals surface area contributed by atoms with Crippen LogP contribution in [0.25, 0.3) is 0 Å². The molecule has 0 aliphatic heterocycles. The summed E-state index contributed by atoms with van der Waals surface area (Å²) < 4.78 is 40.0. The maximum atomic E-state index is 12.1. The molecule has 21 heavy (non-hydrogen) atoms. The lowest BCUT2D eigenvalue weighted by Gasteiger charge is -2.13. The Morgan fingerprint density at radius 1 is 1.14 bits per heavy atom. The largest absolute Gasteiger partial charge is 0.573 e. The fourth-order valence-corrected chi connectivity index (χ4v) is 2.77. The second kappa shape index (κ2) is 6.49. The van der Waals surface area contributed by atoms with Crippen LogP contribution in [0.2, 0.25) is 0 Å². The fraction of sp³-hybridized carbons (Fsp3) is 0.333. The number of halogens is 3. The maximum Gasteiger partial charge on any atom is 0.573 e. The molecule has 2 aromatic rings. The molecular weight excluding hydrogens is 299 g/mol. The first kappa shape index (κ1) is 15.9. The van der Waals surface area contributed by atoms with E-state index in [4.69, 9.17) is 0 Å². The van der Waals surface area contributed by atoms with E-state index in [1.165, 1.54) is 21.9 Å². The minimum absolute atomic E-state index is 0.201. The highest BCUT2D eigenvalue weighted by atomic mass is 32.1. The summed E-state index contributed by atoms with van der Waals surface area (Å²) in [6.45, 7) is 4.71. The van der Waals surface area contributed by atoms with Crippen molar-refractivity contribution >= 4 is 11.3 Å². The van der Waals surface area contributed by atoms with E-state index in [0.717, 1.165) is 5.56 Å². The number of ether oxygens (including phenoxy) is 1. The lowest BCUT2D eigenvalue weighted by molar-refractivity contribution is -0.274. The highest BCUT2D eigenvalue weighted by Gasteiger charge is 2.30. The van der Waals surface area contributed by atoms with Crippen LogP contribution in [0.1, 0.15) is 28.3 Å². The smallest absolute Gasteiger partial charge is 0.406 e. The van der Waals surface area contributed by atoms with Gasteiger partial charge in [-0.15, -0.1) is 24.5 Å². The van der Waals surface area contributed by atoms with Gasteiger partial charge in [-0.1, -0.05) is 12.1 Å². The molecule has 1 aromatic carbocycles. The molecule has 1 unspecified atom stereocenters. The van der Waals surface area contributed by atoms with Crippen molar-refractivity contribution in [1.82, 2.24) is 5.32 Å². The SMILES string of the molecule is Cc1ccc(C(C)NCc2ccc(OC(F)(F)F)cc2)s1. The molecule has 1 heterocycles. The summed E-state index contributed by atoms with van der Waals surface area (Å²) in [6.07, 6.45) is -4.65. The van der Waals surface area contributed by atoms with Gasteiger partial charge >= 0.3 is 6.36 Å². The van der Waals surface area contributed by atoms with Crippen molar-refractivity contribution < 1.29 is 17.9 Å². The Labute approximate surface area is 125 Å². The number of alkyl halides is 3.